The van der Waals surface area contributed by atoms with Crippen LogP contribution in [0.2, 0.25) is 0 Å². The van der Waals surface area contributed by atoms with Gasteiger partial charge in [0.05, 0.1) is 24.4 Å². The van der Waals surface area contributed by atoms with Gasteiger partial charge in [0, 0.05) is 24.2 Å². The van der Waals surface area contributed by atoms with Crippen molar-refractivity contribution in [1.29, 1.82) is 0 Å². The maximum atomic E-state index is 11.7. The maximum Gasteiger partial charge on any atom is 0.336 e. The van der Waals surface area contributed by atoms with E-state index in [0.29, 0.717) is 36.7 Å². The number of esters is 2. The summed E-state index contributed by atoms with van der Waals surface area (Å²) in [4.78, 5) is 43.8. The highest BCUT2D eigenvalue weighted by Crippen LogP contribution is 2.24. The van der Waals surface area contributed by atoms with E-state index in [2.05, 4.69) is 12.2 Å². The maximum absolute atomic E-state index is 11.7. The number of allylic oxidation sites excluding steroid dienone is 4. The highest BCUT2D eigenvalue weighted by atomic mass is 16.5. The van der Waals surface area contributed by atoms with E-state index in [1.54, 1.807) is 33.8 Å². The average Bonchev–Trinajstić information content (AvgIpc) is 2.95. The van der Waals surface area contributed by atoms with Crippen LogP contribution in [0.1, 0.15) is 71.4 Å². The predicted octanol–water partition coefficient (Wildman–Crippen LogP) is 6.32. The number of rotatable bonds is 9. The van der Waals surface area contributed by atoms with Crippen LogP contribution < -0.4 is 5.32 Å². The average molecular weight is 548 g/mol. The Morgan fingerprint density at radius 2 is 1.32 bits per heavy atom. The molecule has 0 spiro atoms. The molecule has 1 N–H and O–H groups in total. The molecule has 2 aromatic rings. The molecular weight excluding hydrogens is 506 g/mol. The lowest BCUT2D eigenvalue weighted by atomic mass is 9.98. The lowest BCUT2D eigenvalue weighted by Gasteiger charge is -2.22. The van der Waals surface area contributed by atoms with Gasteiger partial charge in [-0.15, -0.1) is 0 Å². The number of aldehydes is 2. The highest BCUT2D eigenvalue weighted by molar-refractivity contribution is 5.96. The van der Waals surface area contributed by atoms with Crippen LogP contribution in [0.4, 0.5) is 0 Å². The van der Waals surface area contributed by atoms with E-state index in [0.717, 1.165) is 35.1 Å². The smallest absolute Gasteiger partial charge is 0.336 e. The van der Waals surface area contributed by atoms with Crippen molar-refractivity contribution in [2.75, 3.05) is 13.2 Å². The number of nitrogens with one attached hydrogen (secondary N) is 1. The fourth-order valence-corrected chi connectivity index (χ4v) is 3.72. The fraction of sp³-hybridized carbons (Fsp3) is 0.333. The normalized spacial score (nSPS) is 13.4. The quantitative estimate of drug-likeness (QED) is 0.223. The monoisotopic (exact) mass is 547 g/mol. The first-order chi connectivity index (χ1) is 19.2. The van der Waals surface area contributed by atoms with Crippen molar-refractivity contribution in [3.8, 4) is 0 Å². The minimum Gasteiger partial charge on any atom is -0.463 e. The number of hydrogen-bond acceptors (Lipinski definition) is 7. The Labute approximate surface area is 238 Å². The largest absolute Gasteiger partial charge is 0.463 e. The molecule has 2 aromatic carbocycles. The molecule has 1 aliphatic heterocycles. The van der Waals surface area contributed by atoms with Crippen molar-refractivity contribution in [3.63, 3.8) is 0 Å². The molecule has 1 aliphatic rings. The number of benzene rings is 2. The summed E-state index contributed by atoms with van der Waals surface area (Å²) < 4.78 is 9.93. The molecule has 0 aromatic heterocycles. The molecule has 7 nitrogen and oxygen atoms in total. The number of carbonyl (C=O) groups is 4. The van der Waals surface area contributed by atoms with Crippen LogP contribution in [0.3, 0.4) is 0 Å². The molecule has 40 heavy (non-hydrogen) atoms. The number of ether oxygens (including phenoxy) is 2. The van der Waals surface area contributed by atoms with Crippen molar-refractivity contribution >= 4 is 30.1 Å². The van der Waals surface area contributed by atoms with Gasteiger partial charge in [-0.05, 0) is 63.3 Å². The second-order valence-corrected chi connectivity index (χ2v) is 9.02. The Kier molecular flexibility index (Phi) is 16.0. The van der Waals surface area contributed by atoms with Gasteiger partial charge in [0.25, 0.3) is 0 Å². The second-order valence-electron chi connectivity index (χ2n) is 9.02. The standard InChI is InChI=1S/C13H19NO4.C10H12O.C10H10O/c1-5-17-12(15)10-7-11(13(16)18-6-2)9(4)14-8(10)3;2*1-9(7-8-11)10-5-3-2-4-6-10/h14H,5-7H2,1-4H3;2-6,8-9H,7H2,1H3;2-8H,1H3/b;;9-7+. The second kappa shape index (κ2) is 18.9. The molecule has 0 radical (unpaired) electrons. The third-order valence-electron chi connectivity index (χ3n) is 6.04. The van der Waals surface area contributed by atoms with Crippen molar-refractivity contribution < 1.29 is 28.7 Å². The van der Waals surface area contributed by atoms with Crippen molar-refractivity contribution in [1.82, 2.24) is 5.32 Å². The van der Waals surface area contributed by atoms with Crippen LogP contribution in [0.5, 0.6) is 0 Å². The molecular formula is C33H41NO6. The third-order valence-corrected chi connectivity index (χ3v) is 6.04. The Balaban J connectivity index is 0.000000315. The third kappa shape index (κ3) is 11.6. The summed E-state index contributed by atoms with van der Waals surface area (Å²) in [5, 5.41) is 3.02. The SMILES string of the molecule is C/C(=C\C=O)c1ccccc1.CC(CC=O)c1ccccc1.CCOC(=O)C1=C(C)NC(C)=C(C(=O)OCC)C1. The molecule has 0 bridgehead atoms. The zero-order valence-electron chi connectivity index (χ0n) is 24.4. The molecule has 1 atom stereocenters. The molecule has 0 saturated heterocycles. The van der Waals surface area contributed by atoms with E-state index in [-0.39, 0.29) is 6.42 Å². The minimum atomic E-state index is -0.392. The van der Waals surface area contributed by atoms with E-state index in [1.165, 1.54) is 5.56 Å². The first-order valence-corrected chi connectivity index (χ1v) is 13.4. The molecule has 1 unspecified atom stereocenters. The van der Waals surface area contributed by atoms with Crippen LogP contribution in [-0.2, 0) is 28.7 Å². The van der Waals surface area contributed by atoms with E-state index in [9.17, 15) is 19.2 Å². The van der Waals surface area contributed by atoms with E-state index in [1.807, 2.05) is 67.6 Å². The van der Waals surface area contributed by atoms with Crippen LogP contribution >= 0.6 is 0 Å². The molecule has 0 fully saturated rings. The summed E-state index contributed by atoms with van der Waals surface area (Å²) in [7, 11) is 0. The molecule has 0 aliphatic carbocycles. The van der Waals surface area contributed by atoms with Gasteiger partial charge >= 0.3 is 11.9 Å². The molecule has 0 saturated carbocycles. The highest BCUT2D eigenvalue weighted by Gasteiger charge is 2.26. The lowest BCUT2D eigenvalue weighted by Crippen LogP contribution is -2.26. The van der Waals surface area contributed by atoms with Gasteiger partial charge in [0.15, 0.2) is 0 Å². The van der Waals surface area contributed by atoms with E-state index >= 15 is 0 Å². The van der Waals surface area contributed by atoms with Crippen LogP contribution in [0, 0.1) is 0 Å². The van der Waals surface area contributed by atoms with E-state index in [4.69, 9.17) is 9.47 Å². The number of carbonyl (C=O) groups excluding carboxylic acids is 4. The summed E-state index contributed by atoms with van der Waals surface area (Å²) >= 11 is 0. The van der Waals surface area contributed by atoms with Gasteiger partial charge in [0.1, 0.15) is 12.6 Å². The zero-order valence-corrected chi connectivity index (χ0v) is 24.4. The van der Waals surface area contributed by atoms with Gasteiger partial charge < -0.3 is 19.6 Å². The molecule has 214 valence electrons. The van der Waals surface area contributed by atoms with Gasteiger partial charge in [0.2, 0.25) is 0 Å². The first-order valence-electron chi connectivity index (χ1n) is 13.4. The summed E-state index contributed by atoms with van der Waals surface area (Å²) in [5.74, 6) is -0.428. The van der Waals surface area contributed by atoms with Crippen molar-refractivity contribution in [2.24, 2.45) is 0 Å². The number of hydrogen-bond donors (Lipinski definition) is 1. The van der Waals surface area contributed by atoms with Crippen LogP contribution in [0.15, 0.2) is 89.3 Å². The molecule has 1 heterocycles. The Hall–Kier alpha value is -4.26. The zero-order chi connectivity index (χ0) is 29.9. The number of dihydropyridines is 1. The summed E-state index contributed by atoms with van der Waals surface area (Å²) in [6.07, 6.45) is 4.21. The topological polar surface area (TPSA) is 98.8 Å². The Bertz CT molecular complexity index is 1160. The van der Waals surface area contributed by atoms with Crippen molar-refractivity contribution in [3.05, 3.63) is 100 Å². The van der Waals surface area contributed by atoms with Gasteiger partial charge in [-0.1, -0.05) is 67.6 Å². The molecule has 0 amide bonds. The fourth-order valence-electron chi connectivity index (χ4n) is 3.72. The summed E-state index contributed by atoms with van der Waals surface area (Å²) in [6.45, 7) is 11.7. The van der Waals surface area contributed by atoms with Gasteiger partial charge in [-0.3, -0.25) is 4.79 Å². The molecule has 7 heteroatoms. The molecule has 3 rings (SSSR count). The summed E-state index contributed by atoms with van der Waals surface area (Å²) in [6, 6.07) is 19.9. The predicted molar refractivity (Wildman–Crippen MR) is 158 cm³/mol. The van der Waals surface area contributed by atoms with Crippen LogP contribution in [-0.4, -0.2) is 37.7 Å². The lowest BCUT2D eigenvalue weighted by molar-refractivity contribution is -0.139. The van der Waals surface area contributed by atoms with Crippen molar-refractivity contribution in [2.45, 2.75) is 60.3 Å². The Morgan fingerprint density at radius 1 is 0.850 bits per heavy atom. The summed E-state index contributed by atoms with van der Waals surface area (Å²) in [5.41, 5.74) is 5.73. The van der Waals surface area contributed by atoms with Gasteiger partial charge in [-0.25, -0.2) is 9.59 Å². The minimum absolute atomic E-state index is 0.252. The van der Waals surface area contributed by atoms with Gasteiger partial charge in [-0.2, -0.15) is 0 Å². The Morgan fingerprint density at radius 3 is 1.75 bits per heavy atom. The van der Waals surface area contributed by atoms with E-state index < -0.39 is 11.9 Å². The first kappa shape index (κ1) is 33.8. The van der Waals surface area contributed by atoms with Crippen LogP contribution in [0.25, 0.3) is 5.57 Å².